The van der Waals surface area contributed by atoms with Crippen LogP contribution in [-0.2, 0) is 23.8 Å². The molecule has 2 aliphatic rings. The predicted molar refractivity (Wildman–Crippen MR) is 71.4 cm³/mol. The lowest BCUT2D eigenvalue weighted by Gasteiger charge is -2.47. The summed E-state index contributed by atoms with van der Waals surface area (Å²) < 4.78 is 16.0. The van der Waals surface area contributed by atoms with E-state index >= 15 is 0 Å². The van der Waals surface area contributed by atoms with Crippen LogP contribution < -0.4 is 0 Å². The monoisotopic (exact) mass is 282 g/mol. The van der Waals surface area contributed by atoms with Crippen molar-refractivity contribution in [3.63, 3.8) is 0 Å². The highest BCUT2D eigenvalue weighted by molar-refractivity contribution is 5.95. The first-order valence-electron chi connectivity index (χ1n) is 7.10. The van der Waals surface area contributed by atoms with E-state index in [1.165, 1.54) is 7.11 Å². The van der Waals surface area contributed by atoms with Gasteiger partial charge < -0.3 is 14.2 Å². The van der Waals surface area contributed by atoms with Crippen molar-refractivity contribution in [3.05, 3.63) is 11.8 Å². The van der Waals surface area contributed by atoms with Crippen molar-refractivity contribution in [2.75, 3.05) is 7.11 Å². The van der Waals surface area contributed by atoms with Gasteiger partial charge >= 0.3 is 11.9 Å². The van der Waals surface area contributed by atoms with E-state index in [1.807, 2.05) is 0 Å². The van der Waals surface area contributed by atoms with Crippen LogP contribution in [0.25, 0.3) is 0 Å². The maximum absolute atomic E-state index is 11.9. The van der Waals surface area contributed by atoms with Crippen molar-refractivity contribution in [3.8, 4) is 0 Å². The summed E-state index contributed by atoms with van der Waals surface area (Å²) in [5.41, 5.74) is 0. The van der Waals surface area contributed by atoms with Gasteiger partial charge in [-0.05, 0) is 24.7 Å². The van der Waals surface area contributed by atoms with Crippen LogP contribution in [0.4, 0.5) is 0 Å². The van der Waals surface area contributed by atoms with Crippen LogP contribution in [0.2, 0.25) is 0 Å². The Morgan fingerprint density at radius 2 is 2.10 bits per heavy atom. The molecule has 0 saturated heterocycles. The van der Waals surface area contributed by atoms with Gasteiger partial charge in [0.25, 0.3) is 5.79 Å². The van der Waals surface area contributed by atoms with E-state index in [-0.39, 0.29) is 11.7 Å². The smallest absolute Gasteiger partial charge is 0.373 e. The molecule has 0 radical (unpaired) electrons. The molecule has 112 valence electrons. The van der Waals surface area contributed by atoms with Gasteiger partial charge in [-0.25, -0.2) is 9.59 Å². The highest BCUT2D eigenvalue weighted by Crippen LogP contribution is 2.46. The van der Waals surface area contributed by atoms with Gasteiger partial charge in [0, 0.05) is 12.3 Å². The molecule has 1 fully saturated rings. The van der Waals surface area contributed by atoms with E-state index in [0.717, 1.165) is 18.9 Å². The molecule has 5 nitrogen and oxygen atoms in total. The van der Waals surface area contributed by atoms with Crippen molar-refractivity contribution >= 4 is 11.9 Å². The van der Waals surface area contributed by atoms with E-state index in [1.54, 1.807) is 0 Å². The maximum atomic E-state index is 11.9. The lowest BCUT2D eigenvalue weighted by atomic mass is 9.72. The van der Waals surface area contributed by atoms with Crippen LogP contribution in [0.3, 0.4) is 0 Å². The van der Waals surface area contributed by atoms with Crippen LogP contribution in [0.5, 0.6) is 0 Å². The maximum Gasteiger partial charge on any atom is 0.373 e. The van der Waals surface area contributed by atoms with Crippen molar-refractivity contribution < 1.29 is 23.8 Å². The van der Waals surface area contributed by atoms with Crippen LogP contribution in [-0.4, -0.2) is 24.8 Å². The fourth-order valence-corrected chi connectivity index (χ4v) is 3.24. The molecule has 5 heteroatoms. The van der Waals surface area contributed by atoms with Crippen LogP contribution in [0.1, 0.15) is 40.0 Å². The Morgan fingerprint density at radius 3 is 2.70 bits per heavy atom. The molecule has 0 aromatic heterocycles. The minimum absolute atomic E-state index is 0.0523. The molecule has 1 aliphatic heterocycles. The highest BCUT2D eigenvalue weighted by atomic mass is 16.7. The SMILES string of the molecule is COC(=O)C1=CC(=O)O[C@]2(CC(C)CCC2C(C)C)O1. The molecule has 0 N–H and O–H groups in total. The summed E-state index contributed by atoms with van der Waals surface area (Å²) in [5.74, 6) is -1.49. The largest absolute Gasteiger partial charge is 0.463 e. The van der Waals surface area contributed by atoms with E-state index in [2.05, 4.69) is 25.5 Å². The molecule has 2 unspecified atom stereocenters. The summed E-state index contributed by atoms with van der Waals surface area (Å²) in [5, 5.41) is 0. The van der Waals surface area contributed by atoms with Gasteiger partial charge in [0.15, 0.2) is 0 Å². The van der Waals surface area contributed by atoms with E-state index in [4.69, 9.17) is 9.47 Å². The van der Waals surface area contributed by atoms with Gasteiger partial charge in [-0.3, -0.25) is 0 Å². The molecule has 0 aromatic carbocycles. The Hall–Kier alpha value is -1.52. The number of hydrogen-bond acceptors (Lipinski definition) is 5. The number of ether oxygens (including phenoxy) is 3. The fraction of sp³-hybridized carbons (Fsp3) is 0.733. The summed E-state index contributed by atoms with van der Waals surface area (Å²) in [6.45, 7) is 6.26. The number of carbonyl (C=O) groups is 2. The normalized spacial score (nSPS) is 33.5. The summed E-state index contributed by atoms with van der Waals surface area (Å²) >= 11 is 0. The van der Waals surface area contributed by atoms with Crippen molar-refractivity contribution in [2.45, 2.75) is 45.8 Å². The molecule has 1 saturated carbocycles. The third-order valence-electron chi connectivity index (χ3n) is 4.16. The summed E-state index contributed by atoms with van der Waals surface area (Å²) in [6.07, 6.45) is 3.66. The molecule has 0 bridgehead atoms. The second-order valence-electron chi connectivity index (χ2n) is 6.07. The Labute approximate surface area is 119 Å². The number of methoxy groups -OCH3 is 1. The van der Waals surface area contributed by atoms with E-state index < -0.39 is 17.7 Å². The van der Waals surface area contributed by atoms with Gasteiger partial charge in [-0.1, -0.05) is 20.8 Å². The van der Waals surface area contributed by atoms with Gasteiger partial charge in [0.05, 0.1) is 13.2 Å². The van der Waals surface area contributed by atoms with Crippen LogP contribution in [0, 0.1) is 17.8 Å². The fourth-order valence-electron chi connectivity index (χ4n) is 3.24. The van der Waals surface area contributed by atoms with Gasteiger partial charge in [-0.15, -0.1) is 0 Å². The Bertz CT molecular complexity index is 440. The Balaban J connectivity index is 2.34. The highest BCUT2D eigenvalue weighted by Gasteiger charge is 2.52. The molecule has 1 spiro atoms. The summed E-state index contributed by atoms with van der Waals surface area (Å²) in [7, 11) is 1.27. The molecule has 3 atom stereocenters. The van der Waals surface area contributed by atoms with Crippen LogP contribution in [0.15, 0.2) is 11.8 Å². The quantitative estimate of drug-likeness (QED) is 0.728. The standard InChI is InChI=1S/C15H22O5/c1-9(2)11-6-5-10(3)8-15(11)19-12(14(17)18-4)7-13(16)20-15/h7,9-11H,5-6,8H2,1-4H3/t10?,11?,15-/m0/s1. The second-order valence-corrected chi connectivity index (χ2v) is 6.07. The summed E-state index contributed by atoms with van der Waals surface area (Å²) in [6, 6.07) is 0. The minimum Gasteiger partial charge on any atom is -0.463 e. The molecule has 1 heterocycles. The molecule has 2 rings (SSSR count). The minimum atomic E-state index is -1.03. The molecule has 0 amide bonds. The topological polar surface area (TPSA) is 61.8 Å². The third-order valence-corrected chi connectivity index (χ3v) is 4.16. The molecular formula is C15H22O5. The molecule has 20 heavy (non-hydrogen) atoms. The second kappa shape index (κ2) is 5.46. The number of hydrogen-bond donors (Lipinski definition) is 0. The molecule has 1 aliphatic carbocycles. The van der Waals surface area contributed by atoms with E-state index in [0.29, 0.717) is 18.3 Å². The number of carbonyl (C=O) groups excluding carboxylic acids is 2. The van der Waals surface area contributed by atoms with E-state index in [9.17, 15) is 9.59 Å². The first-order chi connectivity index (χ1) is 9.38. The Morgan fingerprint density at radius 1 is 1.40 bits per heavy atom. The average molecular weight is 282 g/mol. The zero-order chi connectivity index (χ0) is 14.9. The number of esters is 2. The lowest BCUT2D eigenvalue weighted by molar-refractivity contribution is -0.269. The molecular weight excluding hydrogens is 260 g/mol. The lowest BCUT2D eigenvalue weighted by Crippen LogP contribution is -2.53. The van der Waals surface area contributed by atoms with Gasteiger partial charge in [0.2, 0.25) is 5.76 Å². The first-order valence-corrected chi connectivity index (χ1v) is 7.10. The Kier molecular flexibility index (Phi) is 4.06. The van der Waals surface area contributed by atoms with Crippen LogP contribution >= 0.6 is 0 Å². The third kappa shape index (κ3) is 2.67. The van der Waals surface area contributed by atoms with Crippen molar-refractivity contribution in [1.82, 2.24) is 0 Å². The predicted octanol–water partition coefficient (Wildman–Crippen LogP) is 2.41. The van der Waals surface area contributed by atoms with Crippen molar-refractivity contribution in [1.29, 1.82) is 0 Å². The van der Waals surface area contributed by atoms with Crippen molar-refractivity contribution in [2.24, 2.45) is 17.8 Å². The van der Waals surface area contributed by atoms with Gasteiger partial charge in [-0.2, -0.15) is 0 Å². The first kappa shape index (κ1) is 14.9. The molecule has 0 aromatic rings. The average Bonchev–Trinajstić information content (AvgIpc) is 2.36. The zero-order valence-corrected chi connectivity index (χ0v) is 12.5. The summed E-state index contributed by atoms with van der Waals surface area (Å²) in [4.78, 5) is 23.5. The number of rotatable bonds is 2. The van der Waals surface area contributed by atoms with Gasteiger partial charge in [0.1, 0.15) is 0 Å². The zero-order valence-electron chi connectivity index (χ0n) is 12.5.